The number of carboxylic acids is 1. The van der Waals surface area contributed by atoms with Gasteiger partial charge in [0.25, 0.3) is 0 Å². The number of guanidine groups is 1. The van der Waals surface area contributed by atoms with Crippen LogP contribution in [0.25, 0.3) is 0 Å². The van der Waals surface area contributed by atoms with Crippen molar-refractivity contribution in [3.05, 3.63) is 65.7 Å². The van der Waals surface area contributed by atoms with Crippen LogP contribution in [0, 0.1) is 11.8 Å². The zero-order chi connectivity index (χ0) is 47.8. The number of carboxylic acid groups (broad SMARTS) is 1. The van der Waals surface area contributed by atoms with Gasteiger partial charge >= 0.3 is 5.97 Å². The second-order valence-electron chi connectivity index (χ2n) is 16.3. The average molecular weight is 896 g/mol. The predicted molar refractivity (Wildman–Crippen MR) is 242 cm³/mol. The summed E-state index contributed by atoms with van der Waals surface area (Å²) in [5, 5.41) is 35.6. The first-order valence-electron chi connectivity index (χ1n) is 21.7. The standard InChI is InChI=1S/C44H69N11O9/c1-5-27(4)37(46)42(62)50-25-36(57)51-31(14-9-10-20-45)38(58)54-34(23-28-12-7-6-8-13-28)41(61)53-33(22-26(2)3)39(59)55-35(24-29-16-18-30(56)19-17-29)40(60)52-32(43(63)64)15-11-21-49-44(47)48/h6-8,12-13,16-19,26-27,31-35,37,56H,5,9-11,14-15,20-25,45-46H2,1-4H3,(H,50,62)(H,51,57)(H,52,60)(H,53,61)(H,54,58)(H,55,59)(H,63,64)(H4,47,48,49)/t27-,31-,32-,33-,34-,35-,37-/m0/s1. The summed E-state index contributed by atoms with van der Waals surface area (Å²) in [5.74, 6) is -5.97. The molecule has 0 radical (unpaired) electrons. The van der Waals surface area contributed by atoms with E-state index in [1.165, 1.54) is 12.1 Å². The number of aromatic hydroxyl groups is 1. The van der Waals surface area contributed by atoms with E-state index in [0.717, 1.165) is 0 Å². The van der Waals surface area contributed by atoms with E-state index in [1.807, 2.05) is 27.7 Å². The molecule has 0 saturated carbocycles. The SMILES string of the molecule is CC[C@H](C)[C@H](N)C(=O)NCC(=O)N[C@@H](CCCCN)C(=O)N[C@@H](Cc1ccccc1)C(=O)N[C@@H](CC(C)C)C(=O)N[C@@H](Cc1ccc(O)cc1)C(=O)N[C@@H](CCCN=C(N)N)C(=O)O. The van der Waals surface area contributed by atoms with Gasteiger partial charge < -0.3 is 65.0 Å². The van der Waals surface area contributed by atoms with Gasteiger partial charge in [0, 0.05) is 19.4 Å². The van der Waals surface area contributed by atoms with Crippen molar-refractivity contribution in [3.63, 3.8) is 0 Å². The lowest BCUT2D eigenvalue weighted by Gasteiger charge is -2.28. The second-order valence-corrected chi connectivity index (χ2v) is 16.3. The van der Waals surface area contributed by atoms with Crippen LogP contribution in [0.2, 0.25) is 0 Å². The Labute approximate surface area is 374 Å². The Hall–Kier alpha value is -6.28. The summed E-state index contributed by atoms with van der Waals surface area (Å²) in [6.07, 6.45) is 1.99. The minimum atomic E-state index is -1.36. The number of phenols is 1. The molecular formula is C44H69N11O9. The molecule has 6 amide bonds. The molecule has 20 heteroatoms. The molecule has 7 atom stereocenters. The molecule has 0 aromatic heterocycles. The molecule has 20 nitrogen and oxygen atoms in total. The summed E-state index contributed by atoms with van der Waals surface area (Å²) in [5.41, 5.74) is 23.6. The van der Waals surface area contributed by atoms with Crippen molar-refractivity contribution in [2.75, 3.05) is 19.6 Å². The Morgan fingerprint density at radius 1 is 0.656 bits per heavy atom. The molecule has 0 aliphatic heterocycles. The molecule has 0 fully saturated rings. The largest absolute Gasteiger partial charge is 0.508 e. The van der Waals surface area contributed by atoms with Crippen LogP contribution in [-0.2, 0) is 46.4 Å². The fraction of sp³-hybridized carbons (Fsp3) is 0.545. The van der Waals surface area contributed by atoms with Gasteiger partial charge in [-0.2, -0.15) is 0 Å². The van der Waals surface area contributed by atoms with Crippen molar-refractivity contribution in [1.82, 2.24) is 31.9 Å². The fourth-order valence-corrected chi connectivity index (χ4v) is 6.49. The Balaban J connectivity index is 2.40. The van der Waals surface area contributed by atoms with Gasteiger partial charge in [-0.25, -0.2) is 4.79 Å². The topological polar surface area (TPSA) is 349 Å². The number of hydrogen-bond acceptors (Lipinski definition) is 11. The number of hydrogen-bond donors (Lipinski definition) is 12. The molecule has 2 aromatic rings. The van der Waals surface area contributed by atoms with Crippen LogP contribution in [0.5, 0.6) is 5.75 Å². The zero-order valence-electron chi connectivity index (χ0n) is 37.3. The number of aliphatic carboxylic acids is 1. The van der Waals surface area contributed by atoms with Crippen LogP contribution in [0.4, 0.5) is 0 Å². The number of nitrogens with one attached hydrogen (secondary N) is 6. The molecular weight excluding hydrogens is 827 g/mol. The van der Waals surface area contributed by atoms with Crippen LogP contribution in [0.1, 0.15) is 83.8 Å². The maximum absolute atomic E-state index is 14.3. The summed E-state index contributed by atoms with van der Waals surface area (Å²) < 4.78 is 0. The highest BCUT2D eigenvalue weighted by Gasteiger charge is 2.33. The van der Waals surface area contributed by atoms with Crippen LogP contribution in [0.15, 0.2) is 59.6 Å². The van der Waals surface area contributed by atoms with Crippen molar-refractivity contribution in [1.29, 1.82) is 0 Å². The number of nitrogens with two attached hydrogens (primary N) is 4. The first kappa shape index (κ1) is 53.9. The van der Waals surface area contributed by atoms with Gasteiger partial charge in [-0.1, -0.05) is 76.6 Å². The third kappa shape index (κ3) is 20.3. The maximum Gasteiger partial charge on any atom is 0.326 e. The van der Waals surface area contributed by atoms with E-state index in [0.29, 0.717) is 36.9 Å². The highest BCUT2D eigenvalue weighted by molar-refractivity contribution is 5.96. The van der Waals surface area contributed by atoms with Gasteiger partial charge in [-0.15, -0.1) is 0 Å². The van der Waals surface area contributed by atoms with E-state index in [-0.39, 0.29) is 68.6 Å². The molecule has 354 valence electrons. The minimum Gasteiger partial charge on any atom is -0.508 e. The molecule has 0 heterocycles. The van der Waals surface area contributed by atoms with Crippen LogP contribution in [-0.4, -0.2) is 113 Å². The van der Waals surface area contributed by atoms with Gasteiger partial charge in [-0.3, -0.25) is 33.8 Å². The number of aliphatic imine (C=N–C) groups is 1. The average Bonchev–Trinajstić information content (AvgIpc) is 3.25. The summed E-state index contributed by atoms with van der Waals surface area (Å²) in [6, 6.07) is 7.57. The van der Waals surface area contributed by atoms with E-state index in [1.54, 1.807) is 42.5 Å². The Morgan fingerprint density at radius 3 is 1.70 bits per heavy atom. The third-order valence-corrected chi connectivity index (χ3v) is 10.4. The lowest BCUT2D eigenvalue weighted by atomic mass is 9.99. The Morgan fingerprint density at radius 2 is 1.17 bits per heavy atom. The number of carbonyl (C=O) groups is 7. The molecule has 0 unspecified atom stereocenters. The van der Waals surface area contributed by atoms with Gasteiger partial charge in [-0.05, 0) is 80.2 Å². The van der Waals surface area contributed by atoms with Crippen molar-refractivity contribution >= 4 is 47.4 Å². The van der Waals surface area contributed by atoms with Crippen LogP contribution >= 0.6 is 0 Å². The molecule has 2 aromatic carbocycles. The quantitative estimate of drug-likeness (QED) is 0.0276. The lowest BCUT2D eigenvalue weighted by molar-refractivity contribution is -0.142. The van der Waals surface area contributed by atoms with Crippen molar-refractivity contribution in [3.8, 4) is 5.75 Å². The number of unbranched alkanes of at least 4 members (excludes halogenated alkanes) is 1. The fourth-order valence-electron chi connectivity index (χ4n) is 6.49. The number of phenolic OH excluding ortho intramolecular Hbond substituents is 1. The normalized spacial score (nSPS) is 14.3. The molecule has 64 heavy (non-hydrogen) atoms. The van der Waals surface area contributed by atoms with Gasteiger partial charge in [0.2, 0.25) is 35.4 Å². The van der Waals surface area contributed by atoms with Gasteiger partial charge in [0.1, 0.15) is 36.0 Å². The lowest BCUT2D eigenvalue weighted by Crippen LogP contribution is -2.60. The molecule has 0 saturated heterocycles. The van der Waals surface area contributed by atoms with Crippen LogP contribution < -0.4 is 54.8 Å². The highest BCUT2D eigenvalue weighted by atomic mass is 16.4. The molecule has 2 rings (SSSR count). The van der Waals surface area contributed by atoms with E-state index in [2.05, 4.69) is 36.9 Å². The van der Waals surface area contributed by atoms with Crippen molar-refractivity contribution in [2.45, 2.75) is 122 Å². The van der Waals surface area contributed by atoms with E-state index >= 15 is 0 Å². The number of amides is 6. The molecule has 0 bridgehead atoms. The molecule has 0 aliphatic carbocycles. The molecule has 16 N–H and O–H groups in total. The van der Waals surface area contributed by atoms with Crippen molar-refractivity contribution in [2.24, 2.45) is 39.8 Å². The van der Waals surface area contributed by atoms with Gasteiger partial charge in [0.05, 0.1) is 12.6 Å². The third-order valence-electron chi connectivity index (χ3n) is 10.4. The number of benzene rings is 2. The smallest absolute Gasteiger partial charge is 0.326 e. The highest BCUT2D eigenvalue weighted by Crippen LogP contribution is 2.14. The summed E-state index contributed by atoms with van der Waals surface area (Å²) in [4.78, 5) is 97.8. The Bertz CT molecular complexity index is 1840. The Kier molecular flexibility index (Phi) is 23.9. The second kappa shape index (κ2) is 28.4. The van der Waals surface area contributed by atoms with Gasteiger partial charge in [0.15, 0.2) is 5.96 Å². The van der Waals surface area contributed by atoms with E-state index in [9.17, 15) is 43.8 Å². The maximum atomic E-state index is 14.3. The van der Waals surface area contributed by atoms with Crippen molar-refractivity contribution < 1.29 is 43.8 Å². The predicted octanol–water partition coefficient (Wildman–Crippen LogP) is -0.596. The number of rotatable bonds is 29. The monoisotopic (exact) mass is 896 g/mol. The summed E-state index contributed by atoms with van der Waals surface area (Å²) in [7, 11) is 0. The molecule has 0 aliphatic rings. The van der Waals surface area contributed by atoms with E-state index in [4.69, 9.17) is 22.9 Å². The van der Waals surface area contributed by atoms with E-state index < -0.39 is 84.2 Å². The zero-order valence-corrected chi connectivity index (χ0v) is 37.3. The first-order chi connectivity index (χ1) is 30.3. The number of carbonyl (C=O) groups excluding carboxylic acids is 6. The summed E-state index contributed by atoms with van der Waals surface area (Å²) in [6.45, 7) is 7.37. The minimum absolute atomic E-state index is 0.00684. The molecule has 0 spiro atoms. The van der Waals surface area contributed by atoms with Crippen LogP contribution in [0.3, 0.4) is 0 Å². The summed E-state index contributed by atoms with van der Waals surface area (Å²) >= 11 is 0. The first-order valence-corrected chi connectivity index (χ1v) is 21.7. The number of nitrogens with zero attached hydrogens (tertiary/aromatic N) is 1.